The fraction of sp³-hybridized carbons (Fsp3) is 0.111. The molecule has 8 nitrogen and oxygen atoms in total. The summed E-state index contributed by atoms with van der Waals surface area (Å²) in [6, 6.07) is 10.7. The molecule has 1 N–H and O–H groups in total. The van der Waals surface area contributed by atoms with Gasteiger partial charge in [-0.25, -0.2) is 0 Å². The van der Waals surface area contributed by atoms with Gasteiger partial charge in [-0.15, -0.1) is 0 Å². The molecule has 0 aliphatic rings. The molecular formula is C18H14BrN3O5. The zero-order chi connectivity index (χ0) is 20.0. The molecule has 0 bridgehead atoms. The van der Waals surface area contributed by atoms with Crippen LogP contribution < -0.4 is 14.8 Å². The van der Waals surface area contributed by atoms with Crippen LogP contribution in [0.1, 0.15) is 5.56 Å². The fourth-order valence-electron chi connectivity index (χ4n) is 2.15. The highest BCUT2D eigenvalue weighted by Crippen LogP contribution is 2.29. The number of benzene rings is 2. The second-order valence-electron chi connectivity index (χ2n) is 5.15. The number of hydrogen-bond acceptors (Lipinski definition) is 6. The van der Waals surface area contributed by atoms with Crippen LogP contribution in [0.25, 0.3) is 6.08 Å². The van der Waals surface area contributed by atoms with E-state index in [1.807, 2.05) is 6.07 Å². The maximum Gasteiger partial charge on any atom is 0.270 e. The summed E-state index contributed by atoms with van der Waals surface area (Å²) in [6.07, 6.45) is 1.38. The van der Waals surface area contributed by atoms with Gasteiger partial charge in [0.05, 0.1) is 24.8 Å². The van der Waals surface area contributed by atoms with Crippen LogP contribution in [0.3, 0.4) is 0 Å². The molecule has 0 atom stereocenters. The van der Waals surface area contributed by atoms with Crippen LogP contribution in [0.2, 0.25) is 0 Å². The standard InChI is InChI=1S/C18H14BrN3O5/c1-26-14-5-3-11(17(9-14)27-2)7-12(10-20)18(23)21-16-6-4-13(22(24)25)8-15(16)19/h3-9H,1-2H3,(H,21,23)/b12-7-. The van der Waals surface area contributed by atoms with Crippen molar-refractivity contribution in [1.29, 1.82) is 5.26 Å². The van der Waals surface area contributed by atoms with E-state index < -0.39 is 10.8 Å². The lowest BCUT2D eigenvalue weighted by Crippen LogP contribution is -2.14. The average Bonchev–Trinajstić information content (AvgIpc) is 2.67. The van der Waals surface area contributed by atoms with E-state index in [0.717, 1.165) is 0 Å². The van der Waals surface area contributed by atoms with E-state index in [0.29, 0.717) is 27.2 Å². The first-order valence-electron chi connectivity index (χ1n) is 7.48. The summed E-state index contributed by atoms with van der Waals surface area (Å²) in [5.74, 6) is 0.345. The first kappa shape index (κ1) is 19.9. The minimum atomic E-state index is -0.662. The number of rotatable bonds is 6. The summed E-state index contributed by atoms with van der Waals surface area (Å²) in [7, 11) is 2.98. The first-order valence-corrected chi connectivity index (χ1v) is 8.28. The van der Waals surface area contributed by atoms with Crippen LogP contribution in [-0.4, -0.2) is 25.1 Å². The molecule has 0 heterocycles. The molecule has 0 aliphatic carbocycles. The summed E-state index contributed by atoms with van der Waals surface area (Å²) in [4.78, 5) is 22.6. The van der Waals surface area contributed by atoms with Crippen molar-refractivity contribution in [3.63, 3.8) is 0 Å². The second kappa shape index (κ2) is 8.82. The summed E-state index contributed by atoms with van der Waals surface area (Å²) in [5.41, 5.74) is 0.531. The summed E-state index contributed by atoms with van der Waals surface area (Å²) in [5, 5.41) is 22.7. The number of nitrogens with zero attached hydrogens (tertiary/aromatic N) is 2. The fourth-order valence-corrected chi connectivity index (χ4v) is 2.62. The van der Waals surface area contributed by atoms with Crippen molar-refractivity contribution in [2.24, 2.45) is 0 Å². The molecule has 9 heteroatoms. The number of amides is 1. The van der Waals surface area contributed by atoms with Crippen molar-refractivity contribution >= 4 is 39.3 Å². The Kier molecular flexibility index (Phi) is 6.51. The zero-order valence-electron chi connectivity index (χ0n) is 14.4. The summed E-state index contributed by atoms with van der Waals surface area (Å²) >= 11 is 3.17. The lowest BCUT2D eigenvalue weighted by Gasteiger charge is -2.09. The van der Waals surface area contributed by atoms with Crippen molar-refractivity contribution in [1.82, 2.24) is 0 Å². The van der Waals surface area contributed by atoms with Crippen molar-refractivity contribution in [3.05, 3.63) is 62.1 Å². The molecule has 0 aromatic heterocycles. The van der Waals surface area contributed by atoms with Gasteiger partial charge < -0.3 is 14.8 Å². The van der Waals surface area contributed by atoms with Gasteiger partial charge in [0.2, 0.25) is 0 Å². The number of ether oxygens (including phenoxy) is 2. The van der Waals surface area contributed by atoms with Crippen LogP contribution in [0.15, 0.2) is 46.4 Å². The molecule has 0 radical (unpaired) electrons. The van der Waals surface area contributed by atoms with Gasteiger partial charge in [-0.05, 0) is 40.2 Å². The predicted octanol–water partition coefficient (Wildman–Crippen LogP) is 3.92. The quantitative estimate of drug-likeness (QED) is 0.320. The minimum absolute atomic E-state index is 0.126. The maximum absolute atomic E-state index is 12.4. The number of nitro benzene ring substituents is 1. The summed E-state index contributed by atoms with van der Waals surface area (Å²) in [6.45, 7) is 0. The number of non-ortho nitro benzene ring substituents is 1. The number of methoxy groups -OCH3 is 2. The Hall–Kier alpha value is -3.38. The number of nitro groups is 1. The Morgan fingerprint density at radius 2 is 2.00 bits per heavy atom. The van der Waals surface area contributed by atoms with E-state index >= 15 is 0 Å². The maximum atomic E-state index is 12.4. The molecule has 0 saturated carbocycles. The summed E-state index contributed by atoms with van der Waals surface area (Å²) < 4.78 is 10.7. The highest BCUT2D eigenvalue weighted by atomic mass is 79.9. The molecule has 0 fully saturated rings. The number of nitriles is 1. The third-order valence-electron chi connectivity index (χ3n) is 3.52. The van der Waals surface area contributed by atoms with E-state index in [1.54, 1.807) is 18.2 Å². The lowest BCUT2D eigenvalue weighted by atomic mass is 10.1. The van der Waals surface area contributed by atoms with Crippen molar-refractivity contribution in [3.8, 4) is 17.6 Å². The lowest BCUT2D eigenvalue weighted by molar-refractivity contribution is -0.384. The normalized spacial score (nSPS) is 10.7. The van der Waals surface area contributed by atoms with Gasteiger partial charge in [0, 0.05) is 28.2 Å². The first-order chi connectivity index (χ1) is 12.9. The van der Waals surface area contributed by atoms with Crippen molar-refractivity contribution in [2.45, 2.75) is 0 Å². The van der Waals surface area contributed by atoms with Crippen LogP contribution in [-0.2, 0) is 4.79 Å². The minimum Gasteiger partial charge on any atom is -0.497 e. The largest absolute Gasteiger partial charge is 0.497 e. The highest BCUT2D eigenvalue weighted by Gasteiger charge is 2.15. The van der Waals surface area contributed by atoms with Gasteiger partial charge >= 0.3 is 0 Å². The molecule has 0 saturated heterocycles. The van der Waals surface area contributed by atoms with E-state index in [1.165, 1.54) is 38.5 Å². The van der Waals surface area contributed by atoms with Gasteiger partial charge in [-0.3, -0.25) is 14.9 Å². The van der Waals surface area contributed by atoms with E-state index in [2.05, 4.69) is 21.2 Å². The molecule has 0 spiro atoms. The van der Waals surface area contributed by atoms with E-state index in [4.69, 9.17) is 9.47 Å². The van der Waals surface area contributed by atoms with E-state index in [-0.39, 0.29) is 11.3 Å². The molecule has 2 aromatic rings. The van der Waals surface area contributed by atoms with Crippen molar-refractivity contribution in [2.75, 3.05) is 19.5 Å². The monoisotopic (exact) mass is 431 g/mol. The SMILES string of the molecule is COc1ccc(/C=C(/C#N)C(=O)Nc2ccc([N+](=O)[O-])cc2Br)c(OC)c1. The van der Waals surface area contributed by atoms with Crippen LogP contribution in [0.4, 0.5) is 11.4 Å². The Morgan fingerprint density at radius 3 is 2.56 bits per heavy atom. The Labute approximate surface area is 163 Å². The number of nitrogens with one attached hydrogen (secondary N) is 1. The van der Waals surface area contributed by atoms with Gasteiger partial charge in [0.25, 0.3) is 11.6 Å². The molecular weight excluding hydrogens is 418 g/mol. The number of hydrogen-bond donors (Lipinski definition) is 1. The molecule has 27 heavy (non-hydrogen) atoms. The Bertz CT molecular complexity index is 966. The van der Waals surface area contributed by atoms with Crippen LogP contribution in [0.5, 0.6) is 11.5 Å². The number of halogens is 1. The highest BCUT2D eigenvalue weighted by molar-refractivity contribution is 9.10. The molecule has 0 aliphatic heterocycles. The second-order valence-corrected chi connectivity index (χ2v) is 6.01. The molecule has 138 valence electrons. The van der Waals surface area contributed by atoms with Gasteiger partial charge in [0.1, 0.15) is 23.1 Å². The van der Waals surface area contributed by atoms with E-state index in [9.17, 15) is 20.2 Å². The number of carbonyl (C=O) groups is 1. The van der Waals surface area contributed by atoms with Crippen molar-refractivity contribution < 1.29 is 19.2 Å². The predicted molar refractivity (Wildman–Crippen MR) is 103 cm³/mol. The van der Waals surface area contributed by atoms with Crippen LogP contribution in [0, 0.1) is 21.4 Å². The molecule has 2 aromatic carbocycles. The zero-order valence-corrected chi connectivity index (χ0v) is 15.9. The number of carbonyl (C=O) groups excluding carboxylic acids is 1. The number of anilines is 1. The van der Waals surface area contributed by atoms with Gasteiger partial charge in [-0.1, -0.05) is 0 Å². The van der Waals surface area contributed by atoms with Gasteiger partial charge in [0.15, 0.2) is 0 Å². The third-order valence-corrected chi connectivity index (χ3v) is 4.17. The van der Waals surface area contributed by atoms with Crippen LogP contribution >= 0.6 is 15.9 Å². The molecule has 0 unspecified atom stereocenters. The smallest absolute Gasteiger partial charge is 0.270 e. The Balaban J connectivity index is 2.30. The molecule has 2 rings (SSSR count). The molecule has 1 amide bonds. The van der Waals surface area contributed by atoms with Gasteiger partial charge in [-0.2, -0.15) is 5.26 Å². The third kappa shape index (κ3) is 4.83. The topological polar surface area (TPSA) is 114 Å². The Morgan fingerprint density at radius 1 is 1.26 bits per heavy atom. The average molecular weight is 432 g/mol.